The Balaban J connectivity index is 2.35. The summed E-state index contributed by atoms with van der Waals surface area (Å²) in [6, 6.07) is 12.6. The van der Waals surface area contributed by atoms with Gasteiger partial charge in [-0.15, -0.1) is 11.6 Å². The summed E-state index contributed by atoms with van der Waals surface area (Å²) < 4.78 is 0. The van der Waals surface area contributed by atoms with Crippen molar-refractivity contribution in [2.45, 2.75) is 5.92 Å². The molecule has 1 aliphatic heterocycles. The highest BCUT2D eigenvalue weighted by Crippen LogP contribution is 2.54. The highest BCUT2D eigenvalue weighted by Gasteiger charge is 2.55. The second kappa shape index (κ2) is 7.97. The maximum Gasteiger partial charge on any atom is 0.239 e. The quantitative estimate of drug-likeness (QED) is 0.739. The Labute approximate surface area is 173 Å². The summed E-state index contributed by atoms with van der Waals surface area (Å²) in [6.45, 7) is 1.13. The molecular weight excluding hydrogens is 390 g/mol. The average Bonchev–Trinajstić information content (AvgIpc) is 2.73. The van der Waals surface area contributed by atoms with Crippen LogP contribution >= 0.6 is 11.6 Å². The number of phenols is 1. The van der Waals surface area contributed by atoms with Gasteiger partial charge in [0.25, 0.3) is 0 Å². The SMILES string of the molecule is CN1CC=C2C(C#N)=C(NC(=O)CCl)C(C#N)(C#N)[C@@H](c3ccc(O)cc3)[C@@H]2C1. The molecule has 2 N–H and O–H groups in total. The van der Waals surface area contributed by atoms with Crippen LogP contribution in [-0.2, 0) is 4.79 Å². The van der Waals surface area contributed by atoms with E-state index in [0.29, 0.717) is 24.2 Å². The van der Waals surface area contributed by atoms with Crippen LogP contribution in [0.3, 0.4) is 0 Å². The molecule has 1 aliphatic carbocycles. The number of likely N-dealkylation sites (N-methyl/N-ethyl adjacent to an activating group) is 1. The van der Waals surface area contributed by atoms with Crippen LogP contribution in [0.4, 0.5) is 0 Å². The number of fused-ring (bicyclic) bond motifs is 1. The monoisotopic (exact) mass is 407 g/mol. The number of hydrogen-bond acceptors (Lipinski definition) is 6. The van der Waals surface area contributed by atoms with Crippen molar-refractivity contribution in [2.24, 2.45) is 11.3 Å². The molecule has 0 saturated carbocycles. The highest BCUT2D eigenvalue weighted by atomic mass is 35.5. The summed E-state index contributed by atoms with van der Waals surface area (Å²) in [5, 5.41) is 42.4. The number of nitrogens with one attached hydrogen (secondary N) is 1. The van der Waals surface area contributed by atoms with Crippen LogP contribution in [0.2, 0.25) is 0 Å². The number of benzene rings is 1. The Bertz CT molecular complexity index is 1010. The molecule has 2 atom stereocenters. The number of allylic oxidation sites excluding steroid dienone is 2. The molecule has 8 heteroatoms. The molecule has 0 radical (unpaired) electrons. The number of hydrogen-bond donors (Lipinski definition) is 2. The number of aromatic hydroxyl groups is 1. The molecule has 0 unspecified atom stereocenters. The highest BCUT2D eigenvalue weighted by molar-refractivity contribution is 6.27. The summed E-state index contributed by atoms with van der Waals surface area (Å²) in [6.07, 6.45) is 1.89. The van der Waals surface area contributed by atoms with Gasteiger partial charge in [0.15, 0.2) is 5.41 Å². The van der Waals surface area contributed by atoms with Gasteiger partial charge >= 0.3 is 0 Å². The topological polar surface area (TPSA) is 124 Å². The van der Waals surface area contributed by atoms with E-state index < -0.39 is 17.2 Å². The lowest BCUT2D eigenvalue weighted by Gasteiger charge is -2.45. The summed E-state index contributed by atoms with van der Waals surface area (Å²) >= 11 is 5.64. The van der Waals surface area contributed by atoms with Gasteiger partial charge in [0, 0.05) is 24.9 Å². The van der Waals surface area contributed by atoms with Crippen molar-refractivity contribution in [3.63, 3.8) is 0 Å². The number of carbonyl (C=O) groups is 1. The Kier molecular flexibility index (Phi) is 5.62. The predicted octanol–water partition coefficient (Wildman–Crippen LogP) is 2.14. The number of halogens is 1. The zero-order valence-corrected chi connectivity index (χ0v) is 16.4. The van der Waals surface area contributed by atoms with Crippen molar-refractivity contribution < 1.29 is 9.90 Å². The number of nitriles is 3. The van der Waals surface area contributed by atoms with Crippen LogP contribution in [0.5, 0.6) is 5.75 Å². The van der Waals surface area contributed by atoms with Gasteiger partial charge in [-0.25, -0.2) is 0 Å². The van der Waals surface area contributed by atoms with E-state index in [9.17, 15) is 25.7 Å². The number of amides is 1. The minimum Gasteiger partial charge on any atom is -0.508 e. The van der Waals surface area contributed by atoms with E-state index in [4.69, 9.17) is 11.6 Å². The Morgan fingerprint density at radius 3 is 2.52 bits per heavy atom. The zero-order valence-electron chi connectivity index (χ0n) is 15.7. The van der Waals surface area contributed by atoms with E-state index in [1.807, 2.05) is 18.0 Å². The summed E-state index contributed by atoms with van der Waals surface area (Å²) in [4.78, 5) is 14.1. The molecule has 0 bridgehead atoms. The molecule has 1 aromatic carbocycles. The fourth-order valence-corrected chi connectivity index (χ4v) is 4.25. The van der Waals surface area contributed by atoms with Crippen LogP contribution in [0.15, 0.2) is 47.2 Å². The lowest BCUT2D eigenvalue weighted by molar-refractivity contribution is -0.118. The van der Waals surface area contributed by atoms with Crippen LogP contribution in [-0.4, -0.2) is 41.9 Å². The molecule has 0 fully saturated rings. The first-order chi connectivity index (χ1) is 13.9. The van der Waals surface area contributed by atoms with E-state index in [-0.39, 0.29) is 28.8 Å². The first-order valence-electron chi connectivity index (χ1n) is 8.92. The van der Waals surface area contributed by atoms with Gasteiger partial charge in [-0.2, -0.15) is 15.8 Å². The Morgan fingerprint density at radius 1 is 1.31 bits per heavy atom. The van der Waals surface area contributed by atoms with Gasteiger partial charge in [-0.1, -0.05) is 18.2 Å². The lowest BCUT2D eigenvalue weighted by Crippen LogP contribution is -2.49. The maximum atomic E-state index is 12.1. The summed E-state index contributed by atoms with van der Waals surface area (Å²) in [7, 11) is 1.92. The molecule has 29 heavy (non-hydrogen) atoms. The second-order valence-corrected chi connectivity index (χ2v) is 7.40. The first-order valence-corrected chi connectivity index (χ1v) is 9.46. The Morgan fingerprint density at radius 2 is 1.97 bits per heavy atom. The third kappa shape index (κ3) is 3.34. The number of phenolic OH excluding ortho intramolecular Hbond substituents is 1. The van der Waals surface area contributed by atoms with Crippen molar-refractivity contribution in [2.75, 3.05) is 26.0 Å². The molecule has 1 heterocycles. The van der Waals surface area contributed by atoms with Gasteiger partial charge < -0.3 is 15.3 Å². The van der Waals surface area contributed by atoms with Crippen LogP contribution in [0, 0.1) is 45.3 Å². The average molecular weight is 408 g/mol. The third-order valence-electron chi connectivity index (χ3n) is 5.44. The second-order valence-electron chi connectivity index (χ2n) is 7.13. The van der Waals surface area contributed by atoms with Gasteiger partial charge in [0.05, 0.1) is 23.4 Å². The number of nitrogens with zero attached hydrogens (tertiary/aromatic N) is 4. The summed E-state index contributed by atoms with van der Waals surface area (Å²) in [5.41, 5.74) is -0.328. The van der Waals surface area contributed by atoms with Crippen molar-refractivity contribution in [1.29, 1.82) is 15.8 Å². The van der Waals surface area contributed by atoms with Crippen molar-refractivity contribution in [1.82, 2.24) is 10.2 Å². The molecule has 7 nitrogen and oxygen atoms in total. The molecule has 0 saturated heterocycles. The van der Waals surface area contributed by atoms with E-state index in [1.165, 1.54) is 12.1 Å². The number of alkyl halides is 1. The molecule has 3 rings (SSSR count). The largest absolute Gasteiger partial charge is 0.508 e. The first kappa shape index (κ1) is 20.4. The molecular formula is C21H18ClN5O2. The molecule has 0 spiro atoms. The van der Waals surface area contributed by atoms with Gasteiger partial charge in [0.2, 0.25) is 5.91 Å². The standard InChI is InChI=1S/C21H18ClN5O2/c1-27-7-6-15-16(9-23)20(26-18(29)8-22)21(11-24,12-25)19(17(15)10-27)13-2-4-14(28)5-3-13/h2-6,17,19,28H,7-8,10H2,1H3,(H,26,29)/t17-,19+/m1/s1. The zero-order chi connectivity index (χ0) is 21.2. The van der Waals surface area contributed by atoms with Crippen molar-refractivity contribution in [3.8, 4) is 24.0 Å². The van der Waals surface area contributed by atoms with E-state index in [0.717, 1.165) is 0 Å². The minimum atomic E-state index is -1.80. The predicted molar refractivity (Wildman–Crippen MR) is 105 cm³/mol. The smallest absolute Gasteiger partial charge is 0.239 e. The summed E-state index contributed by atoms with van der Waals surface area (Å²) in [5.74, 6) is -1.88. The molecule has 1 aromatic rings. The molecule has 2 aliphatic rings. The third-order valence-corrected chi connectivity index (χ3v) is 5.68. The normalized spacial score (nSPS) is 23.1. The van der Waals surface area contributed by atoms with E-state index in [2.05, 4.69) is 23.5 Å². The number of rotatable bonds is 3. The van der Waals surface area contributed by atoms with Crippen molar-refractivity contribution >= 4 is 17.5 Å². The van der Waals surface area contributed by atoms with Gasteiger partial charge in [0.1, 0.15) is 17.7 Å². The van der Waals surface area contributed by atoms with Gasteiger partial charge in [-0.3, -0.25) is 4.79 Å². The molecule has 0 aromatic heterocycles. The molecule has 146 valence electrons. The number of carbonyl (C=O) groups excluding carboxylic acids is 1. The fraction of sp³-hybridized carbons (Fsp3) is 0.333. The van der Waals surface area contributed by atoms with Crippen LogP contribution < -0.4 is 5.32 Å². The maximum absolute atomic E-state index is 12.1. The van der Waals surface area contributed by atoms with Gasteiger partial charge in [-0.05, 0) is 30.3 Å². The minimum absolute atomic E-state index is 0.0271. The van der Waals surface area contributed by atoms with Crippen LogP contribution in [0.1, 0.15) is 11.5 Å². The molecule has 1 amide bonds. The van der Waals surface area contributed by atoms with E-state index in [1.54, 1.807) is 12.1 Å². The Hall–Kier alpha value is -3.31. The fourth-order valence-electron chi connectivity index (χ4n) is 4.18. The lowest BCUT2D eigenvalue weighted by atomic mass is 9.58. The van der Waals surface area contributed by atoms with E-state index >= 15 is 0 Å². The van der Waals surface area contributed by atoms with Crippen molar-refractivity contribution in [3.05, 3.63) is 52.7 Å². The van der Waals surface area contributed by atoms with Crippen LogP contribution in [0.25, 0.3) is 0 Å².